The van der Waals surface area contributed by atoms with Crippen molar-refractivity contribution in [1.82, 2.24) is 0 Å². The van der Waals surface area contributed by atoms with Gasteiger partial charge in [-0.2, -0.15) is 0 Å². The molecule has 0 aromatic heterocycles. The molecule has 0 radical (unpaired) electrons. The molecule has 0 aliphatic carbocycles. The highest BCUT2D eigenvalue weighted by molar-refractivity contribution is 6.30. The molecule has 27 heavy (non-hydrogen) atoms. The minimum absolute atomic E-state index is 0.166. The van der Waals surface area contributed by atoms with Gasteiger partial charge < -0.3 is 14.8 Å². The fourth-order valence-corrected chi connectivity index (χ4v) is 2.38. The first-order chi connectivity index (χ1) is 13.1. The number of benzene rings is 3. The maximum atomic E-state index is 12.8. The van der Waals surface area contributed by atoms with E-state index in [1.165, 1.54) is 24.3 Å². The summed E-state index contributed by atoms with van der Waals surface area (Å²) in [6.45, 7) is 0.259. The minimum Gasteiger partial charge on any atom is -0.489 e. The van der Waals surface area contributed by atoms with Crippen LogP contribution in [0.1, 0.15) is 5.56 Å². The van der Waals surface area contributed by atoms with Crippen molar-refractivity contribution in [3.63, 3.8) is 0 Å². The molecule has 0 spiro atoms. The van der Waals surface area contributed by atoms with E-state index in [0.29, 0.717) is 28.8 Å². The minimum atomic E-state index is -0.356. The Bertz CT molecular complexity index is 881. The lowest BCUT2D eigenvalue weighted by molar-refractivity contribution is -0.118. The molecule has 0 unspecified atom stereocenters. The van der Waals surface area contributed by atoms with Gasteiger partial charge in [-0.3, -0.25) is 4.79 Å². The summed E-state index contributed by atoms with van der Waals surface area (Å²) in [5, 5.41) is 3.41. The molecule has 0 saturated heterocycles. The summed E-state index contributed by atoms with van der Waals surface area (Å²) in [6, 6.07) is 19.9. The fourth-order valence-electron chi connectivity index (χ4n) is 2.26. The summed E-state index contributed by atoms with van der Waals surface area (Å²) < 4.78 is 23.8. The number of hydrogen-bond donors (Lipinski definition) is 1. The average molecular weight is 386 g/mol. The van der Waals surface area contributed by atoms with E-state index < -0.39 is 0 Å². The molecule has 3 rings (SSSR count). The molecule has 0 aliphatic rings. The van der Waals surface area contributed by atoms with Crippen molar-refractivity contribution in [1.29, 1.82) is 0 Å². The second-order valence-electron chi connectivity index (χ2n) is 5.73. The van der Waals surface area contributed by atoms with Crippen LogP contribution in [-0.4, -0.2) is 12.5 Å². The highest BCUT2D eigenvalue weighted by Crippen LogP contribution is 2.18. The van der Waals surface area contributed by atoms with Gasteiger partial charge in [0, 0.05) is 10.7 Å². The van der Waals surface area contributed by atoms with Crippen molar-refractivity contribution < 1.29 is 18.7 Å². The summed E-state index contributed by atoms with van der Waals surface area (Å²) in [5.74, 6) is 0.447. The maximum Gasteiger partial charge on any atom is 0.262 e. The van der Waals surface area contributed by atoms with Crippen LogP contribution in [0.4, 0.5) is 10.1 Å². The number of anilines is 1. The number of hydrogen-bond acceptors (Lipinski definition) is 3. The zero-order valence-corrected chi connectivity index (χ0v) is 15.1. The van der Waals surface area contributed by atoms with Crippen LogP contribution in [0.5, 0.6) is 11.5 Å². The van der Waals surface area contributed by atoms with E-state index in [1.54, 1.807) is 24.3 Å². The van der Waals surface area contributed by atoms with Gasteiger partial charge in [-0.25, -0.2) is 4.39 Å². The number of ether oxygens (including phenoxy) is 2. The average Bonchev–Trinajstić information content (AvgIpc) is 2.68. The largest absolute Gasteiger partial charge is 0.489 e. The van der Waals surface area contributed by atoms with Crippen LogP contribution in [0.25, 0.3) is 0 Å². The molecule has 1 N–H and O–H groups in total. The first kappa shape index (κ1) is 18.7. The molecule has 0 atom stereocenters. The van der Waals surface area contributed by atoms with Crippen LogP contribution in [-0.2, 0) is 11.4 Å². The third-order valence-electron chi connectivity index (χ3n) is 3.64. The van der Waals surface area contributed by atoms with Gasteiger partial charge in [0.2, 0.25) is 0 Å². The van der Waals surface area contributed by atoms with Crippen molar-refractivity contribution in [3.8, 4) is 11.5 Å². The zero-order chi connectivity index (χ0) is 19.1. The van der Waals surface area contributed by atoms with Crippen molar-refractivity contribution in [2.75, 3.05) is 11.9 Å². The molecule has 0 fully saturated rings. The number of nitrogens with one attached hydrogen (secondary N) is 1. The Morgan fingerprint density at radius 2 is 1.44 bits per heavy atom. The van der Waals surface area contributed by atoms with Gasteiger partial charge in [0.25, 0.3) is 5.91 Å². The van der Waals surface area contributed by atoms with E-state index in [-0.39, 0.29) is 18.3 Å². The Kier molecular flexibility index (Phi) is 6.28. The molecular weight excluding hydrogens is 369 g/mol. The van der Waals surface area contributed by atoms with Crippen LogP contribution >= 0.6 is 11.6 Å². The third kappa shape index (κ3) is 6.01. The third-order valence-corrected chi connectivity index (χ3v) is 3.89. The van der Waals surface area contributed by atoms with E-state index in [9.17, 15) is 9.18 Å². The highest BCUT2D eigenvalue weighted by atomic mass is 35.5. The van der Waals surface area contributed by atoms with Gasteiger partial charge in [-0.1, -0.05) is 23.7 Å². The fraction of sp³-hybridized carbons (Fsp3) is 0.0952. The smallest absolute Gasteiger partial charge is 0.262 e. The van der Waals surface area contributed by atoms with E-state index in [0.717, 1.165) is 5.56 Å². The standard InChI is InChI=1S/C21H17ClFNO3/c22-16-3-1-15(2-4-16)13-26-20-11-7-18(8-12-20)24-21(25)14-27-19-9-5-17(23)6-10-19/h1-12H,13-14H2,(H,24,25). The summed E-state index contributed by atoms with van der Waals surface area (Å²) >= 11 is 5.85. The molecule has 0 saturated carbocycles. The molecule has 1 amide bonds. The summed E-state index contributed by atoms with van der Waals surface area (Å²) in [6.07, 6.45) is 0. The van der Waals surface area contributed by atoms with Crippen molar-refractivity contribution in [3.05, 3.63) is 89.2 Å². The number of rotatable bonds is 7. The monoisotopic (exact) mass is 385 g/mol. The van der Waals surface area contributed by atoms with Crippen molar-refractivity contribution >= 4 is 23.2 Å². The molecule has 138 valence electrons. The molecule has 4 nitrogen and oxygen atoms in total. The zero-order valence-electron chi connectivity index (χ0n) is 14.3. The second-order valence-corrected chi connectivity index (χ2v) is 6.17. The highest BCUT2D eigenvalue weighted by Gasteiger charge is 2.05. The molecule has 6 heteroatoms. The van der Waals surface area contributed by atoms with Gasteiger partial charge in [0.1, 0.15) is 23.9 Å². The number of amides is 1. The Morgan fingerprint density at radius 3 is 2.11 bits per heavy atom. The normalized spacial score (nSPS) is 10.3. The number of carbonyl (C=O) groups is 1. The Morgan fingerprint density at radius 1 is 0.852 bits per heavy atom. The number of halogens is 2. The first-order valence-corrected chi connectivity index (χ1v) is 8.62. The number of carbonyl (C=O) groups excluding carboxylic acids is 1. The van der Waals surface area contributed by atoms with Crippen LogP contribution in [0.2, 0.25) is 5.02 Å². The van der Waals surface area contributed by atoms with E-state index in [2.05, 4.69) is 5.32 Å². The van der Waals surface area contributed by atoms with Gasteiger partial charge in [0.15, 0.2) is 6.61 Å². The van der Waals surface area contributed by atoms with Crippen LogP contribution in [0.15, 0.2) is 72.8 Å². The predicted octanol–water partition coefficient (Wildman–Crippen LogP) is 5.08. The van der Waals surface area contributed by atoms with Crippen molar-refractivity contribution in [2.45, 2.75) is 6.61 Å². The van der Waals surface area contributed by atoms with Gasteiger partial charge in [0.05, 0.1) is 0 Å². The van der Waals surface area contributed by atoms with Crippen LogP contribution in [0.3, 0.4) is 0 Å². The first-order valence-electron chi connectivity index (χ1n) is 8.24. The summed E-state index contributed by atoms with van der Waals surface area (Å²) in [7, 11) is 0. The molecule has 3 aromatic rings. The molecule has 3 aromatic carbocycles. The van der Waals surface area contributed by atoms with E-state index in [4.69, 9.17) is 21.1 Å². The summed E-state index contributed by atoms with van der Waals surface area (Å²) in [5.41, 5.74) is 1.64. The summed E-state index contributed by atoms with van der Waals surface area (Å²) in [4.78, 5) is 11.9. The SMILES string of the molecule is O=C(COc1ccc(F)cc1)Nc1ccc(OCc2ccc(Cl)cc2)cc1. The van der Waals surface area contributed by atoms with Gasteiger partial charge >= 0.3 is 0 Å². The van der Waals surface area contributed by atoms with E-state index >= 15 is 0 Å². The lowest BCUT2D eigenvalue weighted by atomic mass is 10.2. The van der Waals surface area contributed by atoms with Gasteiger partial charge in [-0.05, 0) is 66.2 Å². The molecular formula is C21H17ClFNO3. The Labute approximate surface area is 161 Å². The maximum absolute atomic E-state index is 12.8. The Hall–Kier alpha value is -3.05. The Balaban J connectivity index is 1.45. The lowest BCUT2D eigenvalue weighted by Gasteiger charge is -2.09. The van der Waals surface area contributed by atoms with Gasteiger partial charge in [-0.15, -0.1) is 0 Å². The van der Waals surface area contributed by atoms with E-state index in [1.807, 2.05) is 24.3 Å². The predicted molar refractivity (Wildman–Crippen MR) is 103 cm³/mol. The molecule has 0 aliphatic heterocycles. The molecule has 0 heterocycles. The van der Waals surface area contributed by atoms with Crippen LogP contribution < -0.4 is 14.8 Å². The lowest BCUT2D eigenvalue weighted by Crippen LogP contribution is -2.20. The topological polar surface area (TPSA) is 47.6 Å². The second kappa shape index (κ2) is 9.05. The van der Waals surface area contributed by atoms with Crippen molar-refractivity contribution in [2.24, 2.45) is 0 Å². The quantitative estimate of drug-likeness (QED) is 0.617. The molecule has 0 bridgehead atoms. The van der Waals surface area contributed by atoms with Crippen LogP contribution in [0, 0.1) is 5.82 Å².